The summed E-state index contributed by atoms with van der Waals surface area (Å²) in [6.45, 7) is -0.426. The van der Waals surface area contributed by atoms with Gasteiger partial charge in [-0.3, -0.25) is 9.48 Å². The van der Waals surface area contributed by atoms with Crippen LogP contribution in [-0.4, -0.2) is 33.4 Å². The van der Waals surface area contributed by atoms with Gasteiger partial charge in [-0.25, -0.2) is 4.79 Å². The molecule has 24 heavy (non-hydrogen) atoms. The number of aromatic nitrogens is 2. The normalized spacial score (nSPS) is 10.5. The molecular formula is C17H15N3O4. The van der Waals surface area contributed by atoms with Crippen LogP contribution in [0.1, 0.15) is 10.5 Å². The zero-order valence-electron chi connectivity index (χ0n) is 12.9. The second-order valence-electron chi connectivity index (χ2n) is 5.13. The smallest absolute Gasteiger partial charge is 0.341 e. The zero-order valence-corrected chi connectivity index (χ0v) is 12.9. The summed E-state index contributed by atoms with van der Waals surface area (Å²) in [5.41, 5.74) is 1.05. The molecule has 3 rings (SSSR count). The number of carbonyl (C=O) groups excluding carboxylic acids is 1. The number of benzene rings is 2. The van der Waals surface area contributed by atoms with E-state index in [4.69, 9.17) is 9.84 Å². The highest BCUT2D eigenvalue weighted by Crippen LogP contribution is 2.31. The summed E-state index contributed by atoms with van der Waals surface area (Å²) in [7, 11) is 1.69. The van der Waals surface area contributed by atoms with Gasteiger partial charge in [0.2, 0.25) is 0 Å². The van der Waals surface area contributed by atoms with Crippen molar-refractivity contribution in [2.24, 2.45) is 7.05 Å². The van der Waals surface area contributed by atoms with Crippen molar-refractivity contribution < 1.29 is 19.4 Å². The van der Waals surface area contributed by atoms with Crippen molar-refractivity contribution in [1.29, 1.82) is 0 Å². The number of nitrogens with zero attached hydrogens (tertiary/aromatic N) is 2. The van der Waals surface area contributed by atoms with E-state index in [1.807, 2.05) is 24.3 Å². The van der Waals surface area contributed by atoms with Crippen LogP contribution in [0.2, 0.25) is 0 Å². The van der Waals surface area contributed by atoms with Crippen molar-refractivity contribution in [3.63, 3.8) is 0 Å². The van der Waals surface area contributed by atoms with Crippen LogP contribution < -0.4 is 10.1 Å². The molecule has 1 aromatic heterocycles. The molecule has 0 aliphatic carbocycles. The first kappa shape index (κ1) is 15.5. The number of carboxylic acid groups (broad SMARTS) is 1. The fourth-order valence-corrected chi connectivity index (χ4v) is 2.43. The van der Waals surface area contributed by atoms with Gasteiger partial charge in [0.1, 0.15) is 11.4 Å². The van der Waals surface area contributed by atoms with Crippen LogP contribution in [0.3, 0.4) is 0 Å². The number of carboxylic acids is 1. The predicted molar refractivity (Wildman–Crippen MR) is 88.2 cm³/mol. The van der Waals surface area contributed by atoms with E-state index in [1.165, 1.54) is 4.68 Å². The molecule has 122 valence electrons. The van der Waals surface area contributed by atoms with Gasteiger partial charge in [0.25, 0.3) is 5.91 Å². The van der Waals surface area contributed by atoms with Crippen LogP contribution in [0, 0.1) is 0 Å². The van der Waals surface area contributed by atoms with Crippen molar-refractivity contribution >= 4 is 28.3 Å². The van der Waals surface area contributed by atoms with Crippen molar-refractivity contribution in [2.45, 2.75) is 0 Å². The zero-order chi connectivity index (χ0) is 17.1. The monoisotopic (exact) mass is 325 g/mol. The molecule has 0 saturated heterocycles. The van der Waals surface area contributed by atoms with E-state index < -0.39 is 12.6 Å². The van der Waals surface area contributed by atoms with Gasteiger partial charge in [-0.05, 0) is 18.2 Å². The molecule has 0 saturated carbocycles. The van der Waals surface area contributed by atoms with Gasteiger partial charge in [-0.1, -0.05) is 24.3 Å². The van der Waals surface area contributed by atoms with Gasteiger partial charge >= 0.3 is 5.97 Å². The number of ether oxygens (including phenoxy) is 1. The van der Waals surface area contributed by atoms with Crippen LogP contribution in [0.5, 0.6) is 5.75 Å². The SMILES string of the molecule is Cn1nccc1C(=O)Nc1ccc(OCC(=O)O)c2ccccc12. The Morgan fingerprint density at radius 2 is 1.92 bits per heavy atom. The molecule has 2 aromatic carbocycles. The summed E-state index contributed by atoms with van der Waals surface area (Å²) in [6.07, 6.45) is 1.55. The molecule has 0 atom stereocenters. The topological polar surface area (TPSA) is 93.5 Å². The van der Waals surface area contributed by atoms with E-state index in [2.05, 4.69) is 10.4 Å². The first-order valence-electron chi connectivity index (χ1n) is 7.22. The van der Waals surface area contributed by atoms with E-state index in [9.17, 15) is 9.59 Å². The number of rotatable bonds is 5. The van der Waals surface area contributed by atoms with Gasteiger partial charge in [-0.2, -0.15) is 5.10 Å². The average Bonchev–Trinajstić information content (AvgIpc) is 3.00. The standard InChI is InChI=1S/C17H15N3O4/c1-20-14(8-9-18-20)17(23)19-13-6-7-15(24-10-16(21)22)12-5-3-2-4-11(12)13/h2-9H,10H2,1H3,(H,19,23)(H,21,22). The maximum Gasteiger partial charge on any atom is 0.341 e. The number of hydrogen-bond acceptors (Lipinski definition) is 4. The molecule has 7 heteroatoms. The summed E-state index contributed by atoms with van der Waals surface area (Å²) >= 11 is 0. The molecule has 0 radical (unpaired) electrons. The highest BCUT2D eigenvalue weighted by atomic mass is 16.5. The number of hydrogen-bond donors (Lipinski definition) is 2. The number of aryl methyl sites for hydroxylation is 1. The number of aliphatic carboxylic acids is 1. The summed E-state index contributed by atoms with van der Waals surface area (Å²) in [4.78, 5) is 23.1. The third kappa shape index (κ3) is 3.05. The number of anilines is 1. The van der Waals surface area contributed by atoms with E-state index >= 15 is 0 Å². The number of fused-ring (bicyclic) bond motifs is 1. The van der Waals surface area contributed by atoms with Gasteiger partial charge in [-0.15, -0.1) is 0 Å². The summed E-state index contributed by atoms with van der Waals surface area (Å²) in [6, 6.07) is 12.3. The quantitative estimate of drug-likeness (QED) is 0.750. The third-order valence-electron chi connectivity index (χ3n) is 3.54. The second kappa shape index (κ2) is 6.41. The molecule has 7 nitrogen and oxygen atoms in total. The molecule has 1 heterocycles. The highest BCUT2D eigenvalue weighted by molar-refractivity contribution is 6.09. The molecule has 0 aliphatic heterocycles. The van der Waals surface area contributed by atoms with E-state index in [-0.39, 0.29) is 5.91 Å². The Labute approximate surface area is 137 Å². The van der Waals surface area contributed by atoms with Crippen LogP contribution in [0.15, 0.2) is 48.7 Å². The van der Waals surface area contributed by atoms with Crippen molar-refractivity contribution in [2.75, 3.05) is 11.9 Å². The molecule has 0 spiro atoms. The molecule has 0 unspecified atom stereocenters. The Morgan fingerprint density at radius 3 is 2.58 bits per heavy atom. The minimum Gasteiger partial charge on any atom is -0.481 e. The van der Waals surface area contributed by atoms with Crippen LogP contribution in [-0.2, 0) is 11.8 Å². The molecule has 0 fully saturated rings. The number of amides is 1. The Balaban J connectivity index is 1.95. The lowest BCUT2D eigenvalue weighted by Gasteiger charge is -2.12. The van der Waals surface area contributed by atoms with Crippen molar-refractivity contribution in [3.05, 3.63) is 54.4 Å². The fourth-order valence-electron chi connectivity index (χ4n) is 2.43. The predicted octanol–water partition coefficient (Wildman–Crippen LogP) is 2.29. The summed E-state index contributed by atoms with van der Waals surface area (Å²) < 4.78 is 6.79. The van der Waals surface area contributed by atoms with Crippen LogP contribution >= 0.6 is 0 Å². The lowest BCUT2D eigenvalue weighted by Crippen LogP contribution is -2.16. The maximum atomic E-state index is 12.4. The van der Waals surface area contributed by atoms with Crippen molar-refractivity contribution in [1.82, 2.24) is 9.78 Å². The number of nitrogens with one attached hydrogen (secondary N) is 1. The first-order chi connectivity index (χ1) is 11.6. The Hall–Kier alpha value is -3.35. The molecule has 1 amide bonds. The Morgan fingerprint density at radius 1 is 1.17 bits per heavy atom. The summed E-state index contributed by atoms with van der Waals surface area (Å²) in [5.74, 6) is -0.876. The van der Waals surface area contributed by atoms with E-state index in [0.29, 0.717) is 17.1 Å². The Bertz CT molecular complexity index is 917. The molecular weight excluding hydrogens is 310 g/mol. The van der Waals surface area contributed by atoms with Gasteiger partial charge < -0.3 is 15.2 Å². The van der Waals surface area contributed by atoms with Gasteiger partial charge in [0.05, 0.1) is 0 Å². The molecule has 0 bridgehead atoms. The van der Waals surface area contributed by atoms with E-state index in [1.54, 1.807) is 31.4 Å². The lowest BCUT2D eigenvalue weighted by atomic mass is 10.1. The largest absolute Gasteiger partial charge is 0.481 e. The Kier molecular flexibility index (Phi) is 4.15. The molecule has 3 aromatic rings. The van der Waals surface area contributed by atoms with Crippen LogP contribution in [0.25, 0.3) is 10.8 Å². The van der Waals surface area contributed by atoms with Crippen molar-refractivity contribution in [3.8, 4) is 5.75 Å². The first-order valence-corrected chi connectivity index (χ1v) is 7.22. The third-order valence-corrected chi connectivity index (χ3v) is 3.54. The average molecular weight is 325 g/mol. The van der Waals surface area contributed by atoms with Gasteiger partial charge in [0.15, 0.2) is 6.61 Å². The number of carbonyl (C=O) groups is 2. The van der Waals surface area contributed by atoms with Gasteiger partial charge in [0, 0.05) is 29.7 Å². The minimum atomic E-state index is -1.05. The fraction of sp³-hybridized carbons (Fsp3) is 0.118. The lowest BCUT2D eigenvalue weighted by molar-refractivity contribution is -0.139. The molecule has 0 aliphatic rings. The van der Waals surface area contributed by atoms with Crippen LogP contribution in [0.4, 0.5) is 5.69 Å². The highest BCUT2D eigenvalue weighted by Gasteiger charge is 2.13. The second-order valence-corrected chi connectivity index (χ2v) is 5.13. The minimum absolute atomic E-state index is 0.278. The summed E-state index contributed by atoms with van der Waals surface area (Å²) in [5, 5.41) is 17.1. The van der Waals surface area contributed by atoms with E-state index in [0.717, 1.165) is 10.8 Å². The maximum absolute atomic E-state index is 12.4. The molecule has 2 N–H and O–H groups in total.